The Morgan fingerprint density at radius 2 is 1.90 bits per heavy atom. The number of aryl methyl sites for hydroxylation is 1. The van der Waals surface area contributed by atoms with E-state index >= 15 is 0 Å². The Morgan fingerprint density at radius 1 is 1.17 bits per heavy atom. The fraction of sp³-hybridized carbons (Fsp3) is 0.364. The van der Waals surface area contributed by atoms with Crippen molar-refractivity contribution in [2.75, 3.05) is 43.5 Å². The van der Waals surface area contributed by atoms with Crippen LogP contribution in [0.2, 0.25) is 0 Å². The predicted molar refractivity (Wildman–Crippen MR) is 111 cm³/mol. The number of methoxy groups -OCH3 is 1. The van der Waals surface area contributed by atoms with Gasteiger partial charge in [0.05, 0.1) is 19.2 Å². The van der Waals surface area contributed by atoms with Gasteiger partial charge >= 0.3 is 5.97 Å². The van der Waals surface area contributed by atoms with Crippen LogP contribution in [0.4, 0.5) is 15.8 Å². The first-order valence-corrected chi connectivity index (χ1v) is 9.60. The highest BCUT2D eigenvalue weighted by Gasteiger charge is 2.25. The third kappa shape index (κ3) is 5.12. The molecule has 6 nitrogen and oxygen atoms in total. The lowest BCUT2D eigenvalue weighted by atomic mass is 10.1. The smallest absolute Gasteiger partial charge is 0.337 e. The summed E-state index contributed by atoms with van der Waals surface area (Å²) in [6, 6.07) is 12.2. The molecule has 1 unspecified atom stereocenters. The van der Waals surface area contributed by atoms with Crippen LogP contribution in [0.1, 0.15) is 22.8 Å². The number of piperazine rings is 1. The van der Waals surface area contributed by atoms with Gasteiger partial charge in [-0.1, -0.05) is 6.07 Å². The number of rotatable bonds is 5. The maximum absolute atomic E-state index is 13.7. The highest BCUT2D eigenvalue weighted by atomic mass is 19.1. The molecule has 1 atom stereocenters. The second kappa shape index (κ2) is 9.05. The highest BCUT2D eigenvalue weighted by molar-refractivity contribution is 5.92. The van der Waals surface area contributed by atoms with Gasteiger partial charge in [-0.3, -0.25) is 9.69 Å². The van der Waals surface area contributed by atoms with Crippen molar-refractivity contribution in [1.82, 2.24) is 4.90 Å². The second-order valence-electron chi connectivity index (χ2n) is 7.32. The maximum Gasteiger partial charge on any atom is 0.337 e. The number of halogens is 1. The van der Waals surface area contributed by atoms with Crippen LogP contribution in [0.15, 0.2) is 42.5 Å². The first kappa shape index (κ1) is 20.8. The molecule has 29 heavy (non-hydrogen) atoms. The highest BCUT2D eigenvalue weighted by Crippen LogP contribution is 2.20. The normalized spacial score (nSPS) is 17.1. The maximum atomic E-state index is 13.7. The van der Waals surface area contributed by atoms with E-state index in [0.717, 1.165) is 25.3 Å². The van der Waals surface area contributed by atoms with Gasteiger partial charge in [-0.25, -0.2) is 9.18 Å². The van der Waals surface area contributed by atoms with Gasteiger partial charge in [-0.05, 0) is 55.8 Å². The fourth-order valence-corrected chi connectivity index (χ4v) is 3.45. The molecule has 0 saturated carbocycles. The standard InChI is InChI=1S/C22H26FN3O3/c1-15-4-7-18(12-20(15)23)24-21(27)14-25-10-11-26(13-16(25)2)19-8-5-17(6-9-19)22(28)29-3/h4-9,12,16H,10-11,13-14H2,1-3H3,(H,24,27). The van der Waals surface area contributed by atoms with Gasteiger partial charge in [0.15, 0.2) is 0 Å². The summed E-state index contributed by atoms with van der Waals surface area (Å²) in [5.74, 6) is -0.840. The van der Waals surface area contributed by atoms with E-state index in [0.29, 0.717) is 16.8 Å². The molecule has 3 rings (SSSR count). The third-order valence-electron chi connectivity index (χ3n) is 5.22. The molecular weight excluding hydrogens is 373 g/mol. The number of carbonyl (C=O) groups is 2. The summed E-state index contributed by atoms with van der Waals surface area (Å²) in [5, 5.41) is 2.77. The van der Waals surface area contributed by atoms with E-state index in [4.69, 9.17) is 4.74 Å². The summed E-state index contributed by atoms with van der Waals surface area (Å²) < 4.78 is 18.4. The molecule has 7 heteroatoms. The van der Waals surface area contributed by atoms with Gasteiger partial charge < -0.3 is 15.0 Å². The van der Waals surface area contributed by atoms with Crippen LogP contribution in [0.25, 0.3) is 0 Å². The molecule has 0 spiro atoms. The molecule has 1 heterocycles. The first-order chi connectivity index (χ1) is 13.9. The van der Waals surface area contributed by atoms with Crippen molar-refractivity contribution >= 4 is 23.3 Å². The summed E-state index contributed by atoms with van der Waals surface area (Å²) in [6.07, 6.45) is 0. The van der Waals surface area contributed by atoms with Crippen molar-refractivity contribution in [3.63, 3.8) is 0 Å². The van der Waals surface area contributed by atoms with E-state index in [1.807, 2.05) is 12.1 Å². The van der Waals surface area contributed by atoms with E-state index in [1.165, 1.54) is 13.2 Å². The molecule has 0 aliphatic carbocycles. The molecule has 1 fully saturated rings. The minimum absolute atomic E-state index is 0.156. The zero-order valence-corrected chi connectivity index (χ0v) is 16.9. The van der Waals surface area contributed by atoms with Crippen molar-refractivity contribution in [3.05, 3.63) is 59.4 Å². The number of ether oxygens (including phenoxy) is 1. The van der Waals surface area contributed by atoms with Crippen molar-refractivity contribution < 1.29 is 18.7 Å². The molecule has 2 aromatic rings. The Balaban J connectivity index is 1.55. The monoisotopic (exact) mass is 399 g/mol. The number of nitrogens with zero attached hydrogens (tertiary/aromatic N) is 2. The molecule has 1 aliphatic rings. The van der Waals surface area contributed by atoms with Gasteiger partial charge in [0, 0.05) is 37.1 Å². The Kier molecular flexibility index (Phi) is 6.49. The van der Waals surface area contributed by atoms with Gasteiger partial charge in [0.1, 0.15) is 5.82 Å². The third-order valence-corrected chi connectivity index (χ3v) is 5.22. The van der Waals surface area contributed by atoms with Crippen LogP contribution in [-0.4, -0.2) is 56.1 Å². The zero-order valence-electron chi connectivity index (χ0n) is 16.9. The van der Waals surface area contributed by atoms with Crippen LogP contribution >= 0.6 is 0 Å². The molecule has 1 amide bonds. The molecule has 0 aromatic heterocycles. The van der Waals surface area contributed by atoms with Crippen LogP contribution in [0, 0.1) is 12.7 Å². The quantitative estimate of drug-likeness (QED) is 0.783. The van der Waals surface area contributed by atoms with Crippen LogP contribution in [-0.2, 0) is 9.53 Å². The fourth-order valence-electron chi connectivity index (χ4n) is 3.45. The molecule has 0 radical (unpaired) electrons. The largest absolute Gasteiger partial charge is 0.465 e. The summed E-state index contributed by atoms with van der Waals surface area (Å²) in [5.41, 5.74) is 2.57. The number of hydrogen-bond acceptors (Lipinski definition) is 5. The number of amides is 1. The van der Waals surface area contributed by atoms with Crippen molar-refractivity contribution in [2.45, 2.75) is 19.9 Å². The van der Waals surface area contributed by atoms with Crippen LogP contribution in [0.5, 0.6) is 0 Å². The van der Waals surface area contributed by atoms with E-state index in [1.54, 1.807) is 31.2 Å². The molecule has 1 N–H and O–H groups in total. The lowest BCUT2D eigenvalue weighted by Crippen LogP contribution is -2.53. The predicted octanol–water partition coefficient (Wildman–Crippen LogP) is 3.07. The Bertz CT molecular complexity index is 885. The summed E-state index contributed by atoms with van der Waals surface area (Å²) in [4.78, 5) is 28.3. The first-order valence-electron chi connectivity index (χ1n) is 9.60. The van der Waals surface area contributed by atoms with E-state index in [9.17, 15) is 14.0 Å². The van der Waals surface area contributed by atoms with Crippen molar-refractivity contribution in [1.29, 1.82) is 0 Å². The minimum atomic E-state index is -0.353. The topological polar surface area (TPSA) is 61.9 Å². The van der Waals surface area contributed by atoms with E-state index in [2.05, 4.69) is 22.0 Å². The number of anilines is 2. The molecule has 0 bridgehead atoms. The number of nitrogens with one attached hydrogen (secondary N) is 1. The van der Waals surface area contributed by atoms with E-state index in [-0.39, 0.29) is 30.3 Å². The molecule has 1 aliphatic heterocycles. The Labute approximate surface area is 170 Å². The van der Waals surface area contributed by atoms with Crippen LogP contribution in [0.3, 0.4) is 0 Å². The molecule has 2 aromatic carbocycles. The number of esters is 1. The zero-order chi connectivity index (χ0) is 21.0. The van der Waals surface area contributed by atoms with E-state index < -0.39 is 0 Å². The summed E-state index contributed by atoms with van der Waals surface area (Å²) >= 11 is 0. The average molecular weight is 399 g/mol. The number of carbonyl (C=O) groups excluding carboxylic acids is 2. The minimum Gasteiger partial charge on any atom is -0.465 e. The van der Waals surface area contributed by atoms with Gasteiger partial charge in [0.25, 0.3) is 0 Å². The summed E-state index contributed by atoms with van der Waals surface area (Å²) in [7, 11) is 1.36. The Hall–Kier alpha value is -2.93. The SMILES string of the molecule is COC(=O)c1ccc(N2CCN(CC(=O)Nc3ccc(C)c(F)c3)C(C)C2)cc1. The summed E-state index contributed by atoms with van der Waals surface area (Å²) in [6.45, 7) is 6.29. The van der Waals surface area contributed by atoms with Crippen molar-refractivity contribution in [2.24, 2.45) is 0 Å². The van der Waals surface area contributed by atoms with Gasteiger partial charge in [0.2, 0.25) is 5.91 Å². The van der Waals surface area contributed by atoms with Gasteiger partial charge in [-0.2, -0.15) is 0 Å². The Morgan fingerprint density at radius 3 is 2.52 bits per heavy atom. The average Bonchev–Trinajstić information content (AvgIpc) is 2.72. The second-order valence-corrected chi connectivity index (χ2v) is 7.32. The molecular formula is C22H26FN3O3. The lowest BCUT2D eigenvalue weighted by Gasteiger charge is -2.40. The molecule has 154 valence electrons. The van der Waals surface area contributed by atoms with Crippen LogP contribution < -0.4 is 10.2 Å². The number of benzene rings is 2. The lowest BCUT2D eigenvalue weighted by molar-refractivity contribution is -0.117. The molecule has 1 saturated heterocycles. The van der Waals surface area contributed by atoms with Crippen molar-refractivity contribution in [3.8, 4) is 0 Å². The number of hydrogen-bond donors (Lipinski definition) is 1. The van der Waals surface area contributed by atoms with Gasteiger partial charge in [-0.15, -0.1) is 0 Å².